The molecule has 1 aromatic rings. The normalized spacial score (nSPS) is 19.9. The van der Waals surface area contributed by atoms with Gasteiger partial charge in [0.05, 0.1) is 0 Å². The fourth-order valence-corrected chi connectivity index (χ4v) is 1.18. The van der Waals surface area contributed by atoms with Crippen molar-refractivity contribution in [2.45, 2.75) is 6.23 Å². The molecular weight excluding hydrogens is 152 g/mol. The number of methoxy groups -OCH3 is 1. The van der Waals surface area contributed by atoms with Gasteiger partial charge >= 0.3 is 0 Å². The second-order valence-electron chi connectivity index (χ2n) is 2.60. The van der Waals surface area contributed by atoms with Gasteiger partial charge in [0.15, 0.2) is 0 Å². The Morgan fingerprint density at radius 1 is 1.58 bits per heavy atom. The van der Waals surface area contributed by atoms with Crippen molar-refractivity contribution in [1.82, 2.24) is 4.98 Å². The average molecular weight is 162 g/mol. The van der Waals surface area contributed by atoms with E-state index in [0.717, 1.165) is 11.4 Å². The fraction of sp³-hybridized carbons (Fsp3) is 0.222. The quantitative estimate of drug-likeness (QED) is 0.679. The van der Waals surface area contributed by atoms with Crippen LogP contribution >= 0.6 is 0 Å². The molecule has 0 bridgehead atoms. The summed E-state index contributed by atoms with van der Waals surface area (Å²) in [4.78, 5) is 4.18. The molecule has 12 heavy (non-hydrogen) atoms. The molecule has 2 rings (SSSR count). The van der Waals surface area contributed by atoms with Gasteiger partial charge in [0, 0.05) is 18.9 Å². The van der Waals surface area contributed by atoms with E-state index in [1.54, 1.807) is 13.3 Å². The summed E-state index contributed by atoms with van der Waals surface area (Å²) in [5.41, 5.74) is 1.10. The summed E-state index contributed by atoms with van der Waals surface area (Å²) < 4.78 is 5.11. The molecule has 3 nitrogen and oxygen atoms in total. The van der Waals surface area contributed by atoms with Crippen LogP contribution in [0.3, 0.4) is 0 Å². The van der Waals surface area contributed by atoms with E-state index < -0.39 is 0 Å². The maximum atomic E-state index is 5.11. The SMILES string of the molecule is CO[C@@H]1C=Cc2cccnc2N1. The highest BCUT2D eigenvalue weighted by molar-refractivity contribution is 5.66. The zero-order chi connectivity index (χ0) is 8.39. The van der Waals surface area contributed by atoms with Gasteiger partial charge < -0.3 is 10.1 Å². The van der Waals surface area contributed by atoms with Crippen LogP contribution in [0, 0.1) is 0 Å². The van der Waals surface area contributed by atoms with Crippen molar-refractivity contribution >= 4 is 11.9 Å². The number of nitrogens with zero attached hydrogens (tertiary/aromatic N) is 1. The third kappa shape index (κ3) is 1.19. The summed E-state index contributed by atoms with van der Waals surface area (Å²) in [6.45, 7) is 0. The first kappa shape index (κ1) is 7.31. The minimum Gasteiger partial charge on any atom is -0.358 e. The van der Waals surface area contributed by atoms with Gasteiger partial charge in [-0.15, -0.1) is 0 Å². The van der Waals surface area contributed by atoms with Gasteiger partial charge in [-0.05, 0) is 18.2 Å². The minimum atomic E-state index is -0.0487. The molecule has 0 saturated carbocycles. The van der Waals surface area contributed by atoms with Crippen LogP contribution in [0.5, 0.6) is 0 Å². The number of aromatic nitrogens is 1. The first-order valence-electron chi connectivity index (χ1n) is 3.83. The zero-order valence-corrected chi connectivity index (χ0v) is 6.82. The van der Waals surface area contributed by atoms with Crippen LogP contribution in [0.25, 0.3) is 6.08 Å². The van der Waals surface area contributed by atoms with Crippen molar-refractivity contribution < 1.29 is 4.74 Å². The smallest absolute Gasteiger partial charge is 0.148 e. The van der Waals surface area contributed by atoms with E-state index in [1.165, 1.54) is 0 Å². The lowest BCUT2D eigenvalue weighted by atomic mass is 10.2. The highest BCUT2D eigenvalue weighted by Gasteiger charge is 2.10. The Hall–Kier alpha value is -1.35. The summed E-state index contributed by atoms with van der Waals surface area (Å²) in [7, 11) is 1.66. The maximum absolute atomic E-state index is 5.11. The van der Waals surface area contributed by atoms with Crippen LogP contribution < -0.4 is 5.32 Å². The Labute approximate surface area is 71.1 Å². The molecule has 0 fully saturated rings. The lowest BCUT2D eigenvalue weighted by Gasteiger charge is -2.19. The van der Waals surface area contributed by atoms with Crippen molar-refractivity contribution in [3.05, 3.63) is 30.0 Å². The van der Waals surface area contributed by atoms with Gasteiger partial charge in [-0.3, -0.25) is 0 Å². The molecule has 0 aromatic carbocycles. The van der Waals surface area contributed by atoms with E-state index in [0.29, 0.717) is 0 Å². The third-order valence-corrected chi connectivity index (χ3v) is 1.82. The molecule has 1 aliphatic heterocycles. The highest BCUT2D eigenvalue weighted by Crippen LogP contribution is 2.19. The summed E-state index contributed by atoms with van der Waals surface area (Å²) in [6, 6.07) is 3.93. The molecular formula is C9H10N2O. The molecule has 1 aromatic heterocycles. The molecule has 3 heteroatoms. The number of rotatable bonds is 1. The van der Waals surface area contributed by atoms with E-state index in [-0.39, 0.29) is 6.23 Å². The van der Waals surface area contributed by atoms with E-state index in [2.05, 4.69) is 10.3 Å². The lowest BCUT2D eigenvalue weighted by molar-refractivity contribution is 0.162. The fourth-order valence-electron chi connectivity index (χ4n) is 1.18. The topological polar surface area (TPSA) is 34.1 Å². The third-order valence-electron chi connectivity index (χ3n) is 1.82. The Bertz CT molecular complexity index is 309. The monoisotopic (exact) mass is 162 g/mol. The van der Waals surface area contributed by atoms with Crippen molar-refractivity contribution in [3.8, 4) is 0 Å². The standard InChI is InChI=1S/C9H10N2O/c1-12-8-5-4-7-3-2-6-10-9(7)11-8/h2-6,8H,1H3,(H,10,11)/t8-/m1/s1. The predicted molar refractivity (Wildman–Crippen MR) is 47.7 cm³/mol. The first-order chi connectivity index (χ1) is 5.90. The molecule has 1 aliphatic rings. The van der Waals surface area contributed by atoms with Crippen molar-refractivity contribution in [2.24, 2.45) is 0 Å². The van der Waals surface area contributed by atoms with Gasteiger partial charge in [0.1, 0.15) is 12.0 Å². The van der Waals surface area contributed by atoms with E-state index >= 15 is 0 Å². The van der Waals surface area contributed by atoms with E-state index in [4.69, 9.17) is 4.74 Å². The maximum Gasteiger partial charge on any atom is 0.148 e. The molecule has 0 spiro atoms. The van der Waals surface area contributed by atoms with Gasteiger partial charge in [-0.25, -0.2) is 4.98 Å². The van der Waals surface area contributed by atoms with Crippen LogP contribution in [0.1, 0.15) is 5.56 Å². The molecule has 62 valence electrons. The Kier molecular flexibility index (Phi) is 1.80. The largest absolute Gasteiger partial charge is 0.358 e. The molecule has 2 heterocycles. The number of pyridine rings is 1. The second kappa shape index (κ2) is 2.95. The average Bonchev–Trinajstić information content (AvgIpc) is 2.17. The van der Waals surface area contributed by atoms with Crippen LogP contribution in [0.15, 0.2) is 24.4 Å². The summed E-state index contributed by atoms with van der Waals surface area (Å²) in [6.07, 6.45) is 5.68. The summed E-state index contributed by atoms with van der Waals surface area (Å²) >= 11 is 0. The number of anilines is 1. The van der Waals surface area contributed by atoms with Crippen molar-refractivity contribution in [2.75, 3.05) is 12.4 Å². The van der Waals surface area contributed by atoms with Crippen molar-refractivity contribution in [3.63, 3.8) is 0 Å². The summed E-state index contributed by atoms with van der Waals surface area (Å²) in [5.74, 6) is 0.881. The van der Waals surface area contributed by atoms with Gasteiger partial charge in [0.2, 0.25) is 0 Å². The molecule has 0 saturated heterocycles. The number of hydrogen-bond donors (Lipinski definition) is 1. The highest BCUT2D eigenvalue weighted by atomic mass is 16.5. The number of ether oxygens (including phenoxy) is 1. The number of fused-ring (bicyclic) bond motifs is 1. The Balaban J connectivity index is 2.33. The van der Waals surface area contributed by atoms with Crippen LogP contribution in [0.4, 0.5) is 5.82 Å². The van der Waals surface area contributed by atoms with E-state index in [9.17, 15) is 0 Å². The van der Waals surface area contributed by atoms with Crippen molar-refractivity contribution in [1.29, 1.82) is 0 Å². The second-order valence-corrected chi connectivity index (χ2v) is 2.60. The molecule has 0 radical (unpaired) electrons. The summed E-state index contributed by atoms with van der Waals surface area (Å²) in [5, 5.41) is 3.13. The molecule has 0 amide bonds. The zero-order valence-electron chi connectivity index (χ0n) is 6.82. The van der Waals surface area contributed by atoms with Crippen LogP contribution in [-0.4, -0.2) is 18.3 Å². The van der Waals surface area contributed by atoms with E-state index in [1.807, 2.05) is 24.3 Å². The number of nitrogens with one attached hydrogen (secondary N) is 1. The lowest BCUT2D eigenvalue weighted by Crippen LogP contribution is -2.22. The number of hydrogen-bond acceptors (Lipinski definition) is 3. The first-order valence-corrected chi connectivity index (χ1v) is 3.83. The van der Waals surface area contributed by atoms with Crippen LogP contribution in [0.2, 0.25) is 0 Å². The Morgan fingerprint density at radius 3 is 3.33 bits per heavy atom. The van der Waals surface area contributed by atoms with Gasteiger partial charge in [-0.2, -0.15) is 0 Å². The van der Waals surface area contributed by atoms with Gasteiger partial charge in [-0.1, -0.05) is 6.08 Å². The Morgan fingerprint density at radius 2 is 2.50 bits per heavy atom. The molecule has 1 N–H and O–H groups in total. The predicted octanol–water partition coefficient (Wildman–Crippen LogP) is 1.49. The van der Waals surface area contributed by atoms with Gasteiger partial charge in [0.25, 0.3) is 0 Å². The molecule has 0 aliphatic carbocycles. The minimum absolute atomic E-state index is 0.0487. The molecule has 0 unspecified atom stereocenters. The molecule has 1 atom stereocenters. The van der Waals surface area contributed by atoms with Crippen LogP contribution in [-0.2, 0) is 4.74 Å².